The Morgan fingerprint density at radius 1 is 0.667 bits per heavy atom. The molecule has 0 unspecified atom stereocenters. The highest BCUT2D eigenvalue weighted by Crippen LogP contribution is 2.43. The second-order valence-corrected chi connectivity index (χ2v) is 14.6. The number of carbonyl (C=O) groups excluding carboxylic acids is 2. The van der Waals surface area contributed by atoms with Crippen molar-refractivity contribution in [2.75, 3.05) is 44.4 Å². The Hall–Kier alpha value is -6.52. The quantitative estimate of drug-likeness (QED) is 0.0176. The number of azo groups is 2. The minimum absolute atomic E-state index is 0.0729. The largest absolute Gasteiger partial charge is 0.491 e. The first-order valence-corrected chi connectivity index (χ1v) is 19.9. The number of hydrogen-bond acceptors (Lipinski definition) is 15. The monoisotopic (exact) mass is 829 g/mol. The molecule has 17 heteroatoms. The molecule has 3 aromatic carbocycles. The van der Waals surface area contributed by atoms with Crippen LogP contribution in [0.25, 0.3) is 0 Å². The smallest absolute Gasteiger partial charge is 0.330 e. The molecule has 0 fully saturated rings. The van der Waals surface area contributed by atoms with Gasteiger partial charge in [-0.25, -0.2) is 9.59 Å². The van der Waals surface area contributed by atoms with Crippen molar-refractivity contribution in [1.29, 1.82) is 0 Å². The minimum atomic E-state index is -0.753. The van der Waals surface area contributed by atoms with Crippen molar-refractivity contribution in [2.45, 2.75) is 73.1 Å². The van der Waals surface area contributed by atoms with Gasteiger partial charge in [0, 0.05) is 36.0 Å². The summed E-state index contributed by atoms with van der Waals surface area (Å²) in [4.78, 5) is 46.9. The van der Waals surface area contributed by atoms with E-state index >= 15 is 0 Å². The standard InChI is InChI=1S/C43H55N7O10/c1-8-42(51)59-24-20-48(21-25-60-43(52)9-2)33-16-18-35(32(7)26-33)44-46-37-28-41(58-23-13-11-15-31(5)6)38(29-40(37)57-22-12-10-14-30(3)4)47-45-36-19-17-34(49(53)54)27-39(36)50(55)56/h8-9,16-19,26-31H,1-2,10-15,20-25H2,3-7H3. The van der Waals surface area contributed by atoms with Gasteiger partial charge in [0.05, 0.1) is 47.9 Å². The zero-order chi connectivity index (χ0) is 44.0. The lowest BCUT2D eigenvalue weighted by atomic mass is 10.1. The Kier molecular flexibility index (Phi) is 20.0. The number of nitro groups is 2. The van der Waals surface area contributed by atoms with Gasteiger partial charge in [-0.15, -0.1) is 15.3 Å². The molecular formula is C43H55N7O10. The van der Waals surface area contributed by atoms with E-state index in [0.717, 1.165) is 74.1 Å². The van der Waals surface area contributed by atoms with Crippen molar-refractivity contribution in [3.63, 3.8) is 0 Å². The first-order chi connectivity index (χ1) is 28.7. The third-order valence-corrected chi connectivity index (χ3v) is 8.89. The fourth-order valence-electron chi connectivity index (χ4n) is 5.62. The lowest BCUT2D eigenvalue weighted by molar-refractivity contribution is -0.393. The van der Waals surface area contributed by atoms with Crippen molar-refractivity contribution in [3.05, 3.63) is 99.6 Å². The molecule has 3 aromatic rings. The topological polar surface area (TPSA) is 210 Å². The Labute approximate surface area is 350 Å². The van der Waals surface area contributed by atoms with E-state index < -0.39 is 33.2 Å². The Morgan fingerprint density at radius 3 is 1.60 bits per heavy atom. The third kappa shape index (κ3) is 16.4. The van der Waals surface area contributed by atoms with Crippen molar-refractivity contribution in [3.8, 4) is 11.5 Å². The number of hydrogen-bond donors (Lipinski definition) is 0. The van der Waals surface area contributed by atoms with Gasteiger partial charge in [0.2, 0.25) is 0 Å². The van der Waals surface area contributed by atoms with E-state index in [-0.39, 0.29) is 30.3 Å². The summed E-state index contributed by atoms with van der Waals surface area (Å²) in [6, 6.07) is 11.8. The second kappa shape index (κ2) is 25.1. The minimum Gasteiger partial charge on any atom is -0.491 e. The molecule has 17 nitrogen and oxygen atoms in total. The van der Waals surface area contributed by atoms with Crippen LogP contribution in [0.4, 0.5) is 39.8 Å². The van der Waals surface area contributed by atoms with Crippen LogP contribution in [0, 0.1) is 39.0 Å². The Balaban J connectivity index is 2.04. The molecule has 0 heterocycles. The van der Waals surface area contributed by atoms with Crippen LogP contribution in [0.5, 0.6) is 11.5 Å². The number of benzene rings is 3. The normalized spacial score (nSPS) is 11.2. The fourth-order valence-corrected chi connectivity index (χ4v) is 5.62. The van der Waals surface area contributed by atoms with Gasteiger partial charge in [0.1, 0.15) is 36.1 Å². The number of nitrogens with zero attached hydrogens (tertiary/aromatic N) is 7. The van der Waals surface area contributed by atoms with Crippen LogP contribution in [0.2, 0.25) is 0 Å². The van der Waals surface area contributed by atoms with Gasteiger partial charge in [-0.2, -0.15) is 5.11 Å². The summed E-state index contributed by atoms with van der Waals surface area (Å²) in [5.41, 5.74) is 1.42. The van der Waals surface area contributed by atoms with E-state index in [0.29, 0.717) is 55.3 Å². The SMILES string of the molecule is C=CC(=O)OCCN(CCOC(=O)C=C)c1ccc(N=Nc2cc(OCCCCC(C)C)c(N=Nc3ccc([N+](=O)[O-])cc3[N+](=O)[O-])cc2OCCCCC(C)C)c(C)c1. The van der Waals surface area contributed by atoms with Crippen LogP contribution in [-0.2, 0) is 19.1 Å². The first-order valence-electron chi connectivity index (χ1n) is 19.9. The van der Waals surface area contributed by atoms with Crippen LogP contribution in [0.3, 0.4) is 0 Å². The Bertz CT molecular complexity index is 1990. The molecule has 0 saturated heterocycles. The van der Waals surface area contributed by atoms with Crippen LogP contribution >= 0.6 is 0 Å². The number of nitro benzene ring substituents is 2. The molecule has 3 rings (SSSR count). The second-order valence-electron chi connectivity index (χ2n) is 14.6. The molecular weight excluding hydrogens is 775 g/mol. The lowest BCUT2D eigenvalue weighted by Gasteiger charge is -2.25. The average molecular weight is 830 g/mol. The predicted molar refractivity (Wildman–Crippen MR) is 229 cm³/mol. The van der Waals surface area contributed by atoms with Gasteiger partial charge in [-0.3, -0.25) is 20.2 Å². The number of ether oxygens (including phenoxy) is 4. The molecule has 0 radical (unpaired) electrons. The number of esters is 2. The van der Waals surface area contributed by atoms with E-state index in [1.54, 1.807) is 18.2 Å². The molecule has 0 atom stereocenters. The van der Waals surface area contributed by atoms with E-state index in [4.69, 9.17) is 18.9 Å². The van der Waals surface area contributed by atoms with Crippen LogP contribution in [0.15, 0.2) is 94.3 Å². The summed E-state index contributed by atoms with van der Waals surface area (Å²) in [5.74, 6) is 0.567. The molecule has 0 saturated carbocycles. The summed E-state index contributed by atoms with van der Waals surface area (Å²) in [6.45, 7) is 18.8. The maximum Gasteiger partial charge on any atom is 0.330 e. The molecule has 0 bridgehead atoms. The Morgan fingerprint density at radius 2 is 1.15 bits per heavy atom. The number of rotatable bonds is 27. The van der Waals surface area contributed by atoms with E-state index in [2.05, 4.69) is 61.3 Å². The summed E-state index contributed by atoms with van der Waals surface area (Å²) < 4.78 is 22.8. The van der Waals surface area contributed by atoms with Gasteiger partial charge in [0.25, 0.3) is 5.69 Å². The van der Waals surface area contributed by atoms with Crippen molar-refractivity contribution >= 4 is 51.8 Å². The summed E-state index contributed by atoms with van der Waals surface area (Å²) in [6.07, 6.45) is 7.61. The zero-order valence-electron chi connectivity index (χ0n) is 35.0. The molecule has 0 aliphatic carbocycles. The van der Waals surface area contributed by atoms with Gasteiger partial charge in [-0.05, 0) is 74.3 Å². The average Bonchev–Trinajstić information content (AvgIpc) is 3.21. The lowest BCUT2D eigenvalue weighted by Crippen LogP contribution is -2.32. The number of anilines is 1. The summed E-state index contributed by atoms with van der Waals surface area (Å²) in [5, 5.41) is 40.7. The molecule has 0 aliphatic heterocycles. The van der Waals surface area contributed by atoms with Gasteiger partial charge >= 0.3 is 17.6 Å². The molecule has 322 valence electrons. The van der Waals surface area contributed by atoms with E-state index in [1.807, 2.05) is 24.0 Å². The van der Waals surface area contributed by atoms with Crippen molar-refractivity contribution in [1.82, 2.24) is 0 Å². The maximum atomic E-state index is 11.8. The number of non-ortho nitro benzene ring substituents is 1. The van der Waals surface area contributed by atoms with E-state index in [1.165, 1.54) is 6.07 Å². The van der Waals surface area contributed by atoms with E-state index in [9.17, 15) is 29.8 Å². The van der Waals surface area contributed by atoms with Crippen molar-refractivity contribution < 1.29 is 38.4 Å². The highest BCUT2D eigenvalue weighted by Gasteiger charge is 2.21. The molecule has 0 N–H and O–H groups in total. The molecule has 0 aliphatic rings. The summed E-state index contributed by atoms with van der Waals surface area (Å²) in [7, 11) is 0. The zero-order valence-corrected chi connectivity index (χ0v) is 35.0. The number of aryl methyl sites for hydroxylation is 1. The molecule has 0 amide bonds. The van der Waals surface area contributed by atoms with Crippen molar-refractivity contribution in [2.24, 2.45) is 32.3 Å². The molecule has 0 spiro atoms. The predicted octanol–water partition coefficient (Wildman–Crippen LogP) is 11.3. The van der Waals surface area contributed by atoms with Crippen LogP contribution in [-0.4, -0.2) is 61.3 Å². The number of carbonyl (C=O) groups is 2. The first kappa shape index (κ1) is 47.9. The fraction of sp³-hybridized carbons (Fsp3) is 0.442. The summed E-state index contributed by atoms with van der Waals surface area (Å²) >= 11 is 0. The molecule has 0 aromatic heterocycles. The van der Waals surface area contributed by atoms with Gasteiger partial charge in [0.15, 0.2) is 5.69 Å². The highest BCUT2D eigenvalue weighted by molar-refractivity contribution is 5.81. The molecule has 60 heavy (non-hydrogen) atoms. The number of unbranched alkanes of at least 4 members (excludes halogenated alkanes) is 2. The van der Waals surface area contributed by atoms with Gasteiger partial charge < -0.3 is 23.8 Å². The highest BCUT2D eigenvalue weighted by atomic mass is 16.6. The third-order valence-electron chi connectivity index (χ3n) is 8.89. The maximum absolute atomic E-state index is 11.8. The van der Waals surface area contributed by atoms with Crippen LogP contribution < -0.4 is 14.4 Å². The van der Waals surface area contributed by atoms with Gasteiger partial charge in [-0.1, -0.05) is 53.7 Å². The van der Waals surface area contributed by atoms with Crippen LogP contribution in [0.1, 0.15) is 71.8 Å².